The van der Waals surface area contributed by atoms with Gasteiger partial charge in [-0.05, 0) is 24.3 Å². The maximum Gasteiger partial charge on any atom is 0.272 e. The summed E-state index contributed by atoms with van der Waals surface area (Å²) in [4.78, 5) is 31.9. The van der Waals surface area contributed by atoms with Crippen LogP contribution in [0.1, 0.15) is 20.8 Å². The number of nitrogens with two attached hydrogens (primary N) is 1. The van der Waals surface area contributed by atoms with Crippen LogP contribution >= 0.6 is 0 Å². The Hall–Kier alpha value is -3.92. The van der Waals surface area contributed by atoms with Crippen LogP contribution in [0.15, 0.2) is 54.7 Å². The van der Waals surface area contributed by atoms with Crippen molar-refractivity contribution in [2.45, 2.75) is 0 Å². The van der Waals surface area contributed by atoms with Crippen molar-refractivity contribution in [3.05, 3.63) is 66.0 Å². The predicted molar refractivity (Wildman–Crippen MR) is 100 cm³/mol. The lowest BCUT2D eigenvalue weighted by molar-refractivity contribution is 0.0952. The number of carbonyl (C=O) groups excluding carboxylic acids is 2. The zero-order chi connectivity index (χ0) is 19.1. The van der Waals surface area contributed by atoms with Crippen molar-refractivity contribution < 1.29 is 14.3 Å². The lowest BCUT2D eigenvalue weighted by atomic mass is 10.2. The zero-order valence-corrected chi connectivity index (χ0v) is 14.3. The van der Waals surface area contributed by atoms with Gasteiger partial charge in [0.15, 0.2) is 0 Å². The molecule has 3 rings (SSSR count). The Morgan fingerprint density at radius 1 is 1.04 bits per heavy atom. The Bertz CT molecular complexity index is 1050. The standard InChI is InChI=1S/C20H16N4O3/c21-19(25)14-7-1-4-10-18(14)27-12-6-5-11-22-20(26)17-13-23-15-8-2-3-9-16(15)24-17/h1-4,7-10,13H,11-12H2,(H2,21,25)(H,22,26). The molecule has 134 valence electrons. The topological polar surface area (TPSA) is 107 Å². The van der Waals surface area contributed by atoms with Crippen LogP contribution in [0.25, 0.3) is 11.0 Å². The van der Waals surface area contributed by atoms with E-state index in [4.69, 9.17) is 10.5 Å². The molecule has 0 saturated carbocycles. The number of aromatic nitrogens is 2. The quantitative estimate of drug-likeness (QED) is 0.671. The second-order valence-corrected chi connectivity index (χ2v) is 5.43. The lowest BCUT2D eigenvalue weighted by Crippen LogP contribution is -2.24. The largest absolute Gasteiger partial charge is 0.480 e. The molecule has 2 aromatic carbocycles. The highest BCUT2D eigenvalue weighted by molar-refractivity contribution is 5.95. The van der Waals surface area contributed by atoms with E-state index in [1.165, 1.54) is 6.20 Å². The van der Waals surface area contributed by atoms with Gasteiger partial charge < -0.3 is 15.8 Å². The number of nitrogens with one attached hydrogen (secondary N) is 1. The first-order chi connectivity index (χ1) is 13.1. The number of benzene rings is 2. The normalized spacial score (nSPS) is 9.93. The van der Waals surface area contributed by atoms with Crippen LogP contribution in [0.5, 0.6) is 5.75 Å². The number of hydrogen-bond acceptors (Lipinski definition) is 5. The summed E-state index contributed by atoms with van der Waals surface area (Å²) < 4.78 is 5.43. The summed E-state index contributed by atoms with van der Waals surface area (Å²) in [6, 6.07) is 14.0. The van der Waals surface area contributed by atoms with Crippen LogP contribution in [-0.4, -0.2) is 34.9 Å². The van der Waals surface area contributed by atoms with E-state index in [1.807, 2.05) is 18.2 Å². The number of amides is 2. The maximum absolute atomic E-state index is 12.1. The third-order valence-corrected chi connectivity index (χ3v) is 3.60. The molecule has 0 saturated heterocycles. The summed E-state index contributed by atoms with van der Waals surface area (Å²) in [5.41, 5.74) is 7.17. The molecule has 1 aromatic heterocycles. The number of ether oxygens (including phenoxy) is 1. The van der Waals surface area contributed by atoms with Crippen molar-refractivity contribution in [1.29, 1.82) is 0 Å². The fourth-order valence-corrected chi connectivity index (χ4v) is 2.31. The van der Waals surface area contributed by atoms with E-state index in [2.05, 4.69) is 27.1 Å². The van der Waals surface area contributed by atoms with E-state index in [0.717, 1.165) is 5.52 Å². The molecular formula is C20H16N4O3. The molecule has 0 aliphatic heterocycles. The Kier molecular flexibility index (Phi) is 5.60. The van der Waals surface area contributed by atoms with Gasteiger partial charge in [0, 0.05) is 0 Å². The molecule has 1 heterocycles. The van der Waals surface area contributed by atoms with Crippen LogP contribution in [0, 0.1) is 11.8 Å². The molecule has 7 nitrogen and oxygen atoms in total. The summed E-state index contributed by atoms with van der Waals surface area (Å²) in [5, 5.41) is 2.65. The molecule has 0 atom stereocenters. The van der Waals surface area contributed by atoms with Crippen LogP contribution in [0.3, 0.4) is 0 Å². The van der Waals surface area contributed by atoms with Crippen molar-refractivity contribution in [3.63, 3.8) is 0 Å². The summed E-state index contributed by atoms with van der Waals surface area (Å²) in [5.74, 6) is 4.98. The second kappa shape index (κ2) is 8.45. The van der Waals surface area contributed by atoms with E-state index >= 15 is 0 Å². The van der Waals surface area contributed by atoms with Gasteiger partial charge in [0.1, 0.15) is 18.1 Å². The van der Waals surface area contributed by atoms with E-state index in [9.17, 15) is 9.59 Å². The summed E-state index contributed by atoms with van der Waals surface area (Å²) in [6.07, 6.45) is 1.43. The Morgan fingerprint density at radius 3 is 2.59 bits per heavy atom. The molecule has 3 N–H and O–H groups in total. The van der Waals surface area contributed by atoms with E-state index in [-0.39, 0.29) is 24.8 Å². The fraction of sp³-hybridized carbons (Fsp3) is 0.100. The summed E-state index contributed by atoms with van der Waals surface area (Å²) in [7, 11) is 0. The first-order valence-electron chi connectivity index (χ1n) is 8.12. The minimum Gasteiger partial charge on any atom is -0.480 e. The lowest BCUT2D eigenvalue weighted by Gasteiger charge is -2.05. The van der Waals surface area contributed by atoms with E-state index < -0.39 is 5.91 Å². The molecule has 0 fully saturated rings. The Labute approximate surface area is 155 Å². The third kappa shape index (κ3) is 4.58. The van der Waals surface area contributed by atoms with Crippen molar-refractivity contribution in [3.8, 4) is 17.6 Å². The third-order valence-electron chi connectivity index (χ3n) is 3.60. The second-order valence-electron chi connectivity index (χ2n) is 5.43. The van der Waals surface area contributed by atoms with Crippen molar-refractivity contribution in [2.75, 3.05) is 13.2 Å². The van der Waals surface area contributed by atoms with Gasteiger partial charge in [-0.25, -0.2) is 4.98 Å². The smallest absolute Gasteiger partial charge is 0.272 e. The SMILES string of the molecule is NC(=O)c1ccccc1OCC#CCNC(=O)c1cnc2ccccc2n1. The minimum absolute atomic E-state index is 0.0654. The van der Waals surface area contributed by atoms with Crippen LogP contribution in [-0.2, 0) is 0 Å². The minimum atomic E-state index is -0.567. The summed E-state index contributed by atoms with van der Waals surface area (Å²) in [6.45, 7) is 0.199. The average Bonchev–Trinajstić information content (AvgIpc) is 2.70. The molecule has 0 aliphatic rings. The molecule has 0 spiro atoms. The Balaban J connectivity index is 1.51. The van der Waals surface area contributed by atoms with Gasteiger partial charge in [-0.3, -0.25) is 14.6 Å². The van der Waals surface area contributed by atoms with Gasteiger partial charge in [-0.2, -0.15) is 0 Å². The van der Waals surface area contributed by atoms with Gasteiger partial charge >= 0.3 is 0 Å². The highest BCUT2D eigenvalue weighted by Gasteiger charge is 2.08. The number of fused-ring (bicyclic) bond motifs is 1. The maximum atomic E-state index is 12.1. The highest BCUT2D eigenvalue weighted by Crippen LogP contribution is 2.16. The van der Waals surface area contributed by atoms with Crippen LogP contribution in [0.2, 0.25) is 0 Å². The molecule has 2 amide bonds. The van der Waals surface area contributed by atoms with Crippen molar-refractivity contribution in [2.24, 2.45) is 5.73 Å². The molecule has 3 aromatic rings. The molecule has 27 heavy (non-hydrogen) atoms. The number of para-hydroxylation sites is 3. The molecule has 7 heteroatoms. The molecule has 0 bridgehead atoms. The molecule has 0 radical (unpaired) electrons. The zero-order valence-electron chi connectivity index (χ0n) is 14.3. The Morgan fingerprint density at radius 2 is 1.78 bits per heavy atom. The first kappa shape index (κ1) is 17.9. The number of primary amides is 1. The molecular weight excluding hydrogens is 344 g/mol. The van der Waals surface area contributed by atoms with Gasteiger partial charge in [-0.15, -0.1) is 0 Å². The van der Waals surface area contributed by atoms with Gasteiger partial charge in [0.25, 0.3) is 11.8 Å². The molecule has 0 unspecified atom stereocenters. The molecule has 0 aliphatic carbocycles. The fourth-order valence-electron chi connectivity index (χ4n) is 2.31. The highest BCUT2D eigenvalue weighted by atomic mass is 16.5. The van der Waals surface area contributed by atoms with Crippen molar-refractivity contribution in [1.82, 2.24) is 15.3 Å². The van der Waals surface area contributed by atoms with E-state index in [1.54, 1.807) is 30.3 Å². The summed E-state index contributed by atoms with van der Waals surface area (Å²) >= 11 is 0. The number of carbonyl (C=O) groups is 2. The number of rotatable bonds is 5. The van der Waals surface area contributed by atoms with Crippen LogP contribution in [0.4, 0.5) is 0 Å². The monoisotopic (exact) mass is 360 g/mol. The van der Waals surface area contributed by atoms with Gasteiger partial charge in [0.05, 0.1) is 29.3 Å². The number of nitrogens with zero attached hydrogens (tertiary/aromatic N) is 2. The predicted octanol–water partition coefficient (Wildman–Crippen LogP) is 1.54. The van der Waals surface area contributed by atoms with Crippen LogP contribution < -0.4 is 15.8 Å². The van der Waals surface area contributed by atoms with Crippen molar-refractivity contribution >= 4 is 22.8 Å². The number of hydrogen-bond donors (Lipinski definition) is 2. The average molecular weight is 360 g/mol. The van der Waals surface area contributed by atoms with E-state index in [0.29, 0.717) is 16.8 Å². The van der Waals surface area contributed by atoms with Gasteiger partial charge in [-0.1, -0.05) is 36.1 Å². The van der Waals surface area contributed by atoms with Gasteiger partial charge in [0.2, 0.25) is 0 Å². The first-order valence-corrected chi connectivity index (χ1v) is 8.12.